The van der Waals surface area contributed by atoms with Crippen LogP contribution in [0.5, 0.6) is 0 Å². The van der Waals surface area contributed by atoms with Gasteiger partial charge in [0.15, 0.2) is 12.3 Å². The first kappa shape index (κ1) is 21.7. The molecule has 0 aliphatic rings. The zero-order valence-corrected chi connectivity index (χ0v) is 16.9. The van der Waals surface area contributed by atoms with E-state index in [0.717, 1.165) is 5.56 Å². The van der Waals surface area contributed by atoms with Gasteiger partial charge in [0.1, 0.15) is 0 Å². The average Bonchev–Trinajstić information content (AvgIpc) is 3.24. The molecular weight excluding hydrogens is 400 g/mol. The van der Waals surface area contributed by atoms with E-state index in [1.807, 2.05) is 48.5 Å². The van der Waals surface area contributed by atoms with E-state index in [0.29, 0.717) is 18.0 Å². The number of ether oxygens (including phenoxy) is 2. The van der Waals surface area contributed by atoms with Crippen molar-refractivity contribution >= 4 is 17.9 Å². The Morgan fingerprint density at radius 3 is 2.35 bits per heavy atom. The fraction of sp³-hybridized carbons (Fsp3) is 0.182. The first-order chi connectivity index (χ1) is 15.1. The zero-order chi connectivity index (χ0) is 22.1. The molecule has 0 fully saturated rings. The third-order valence-corrected chi connectivity index (χ3v) is 4.17. The molecule has 31 heavy (non-hydrogen) atoms. The number of nitrogens with one attached hydrogen (secondary N) is 2. The third kappa shape index (κ3) is 6.00. The highest BCUT2D eigenvalue weighted by molar-refractivity contribution is 5.97. The van der Waals surface area contributed by atoms with Gasteiger partial charge in [0, 0.05) is 19.2 Å². The lowest BCUT2D eigenvalue weighted by molar-refractivity contribution is -0.123. The standard InChI is InChI=1S/C22H22N4O5/c1-30-13-12-23-22(29)24-20(27)15-31-21(28)19-14-18(16-8-4-2-5-9-16)25-26(19)17-10-6-3-7-11-17/h2-11,14H,12-13,15H2,1H3,(H2,23,24,27,29). The molecule has 0 saturated carbocycles. The smallest absolute Gasteiger partial charge is 0.357 e. The second kappa shape index (κ2) is 10.7. The predicted octanol–water partition coefficient (Wildman–Crippen LogP) is 2.17. The molecule has 0 unspecified atom stereocenters. The highest BCUT2D eigenvalue weighted by Crippen LogP contribution is 2.22. The van der Waals surface area contributed by atoms with Gasteiger partial charge in [0.05, 0.1) is 18.0 Å². The van der Waals surface area contributed by atoms with E-state index in [4.69, 9.17) is 9.47 Å². The summed E-state index contributed by atoms with van der Waals surface area (Å²) in [6, 6.07) is 19.4. The molecule has 0 radical (unpaired) electrons. The Morgan fingerprint density at radius 2 is 1.68 bits per heavy atom. The predicted molar refractivity (Wildman–Crippen MR) is 113 cm³/mol. The van der Waals surface area contributed by atoms with Crippen molar-refractivity contribution in [1.29, 1.82) is 0 Å². The van der Waals surface area contributed by atoms with Gasteiger partial charge in [-0.3, -0.25) is 10.1 Å². The molecule has 9 nitrogen and oxygen atoms in total. The SMILES string of the molecule is COCCNC(=O)NC(=O)COC(=O)c1cc(-c2ccccc2)nn1-c1ccccc1. The van der Waals surface area contributed by atoms with Crippen molar-refractivity contribution in [2.24, 2.45) is 0 Å². The summed E-state index contributed by atoms with van der Waals surface area (Å²) in [4.78, 5) is 36.2. The molecule has 9 heteroatoms. The van der Waals surface area contributed by atoms with Crippen LogP contribution in [0.3, 0.4) is 0 Å². The minimum atomic E-state index is -0.752. The van der Waals surface area contributed by atoms with Gasteiger partial charge in [-0.05, 0) is 18.2 Å². The molecule has 2 N–H and O–H groups in total. The summed E-state index contributed by atoms with van der Waals surface area (Å²) in [7, 11) is 1.49. The molecule has 0 atom stereocenters. The van der Waals surface area contributed by atoms with Crippen molar-refractivity contribution in [3.8, 4) is 16.9 Å². The number of aromatic nitrogens is 2. The Balaban J connectivity index is 1.72. The van der Waals surface area contributed by atoms with Crippen molar-refractivity contribution in [3.05, 3.63) is 72.4 Å². The monoisotopic (exact) mass is 422 g/mol. The van der Waals surface area contributed by atoms with E-state index in [9.17, 15) is 14.4 Å². The summed E-state index contributed by atoms with van der Waals surface area (Å²) in [5.74, 6) is -1.49. The van der Waals surface area contributed by atoms with Crippen LogP contribution in [0, 0.1) is 0 Å². The van der Waals surface area contributed by atoms with Gasteiger partial charge in [-0.1, -0.05) is 48.5 Å². The average molecular weight is 422 g/mol. The quantitative estimate of drug-likeness (QED) is 0.425. The summed E-state index contributed by atoms with van der Waals surface area (Å²) in [6.45, 7) is -0.0606. The number of urea groups is 1. The van der Waals surface area contributed by atoms with Crippen LogP contribution in [-0.4, -0.2) is 54.6 Å². The number of imide groups is 1. The molecule has 0 spiro atoms. The number of rotatable bonds is 8. The molecule has 0 bridgehead atoms. The molecule has 1 aromatic heterocycles. The third-order valence-electron chi connectivity index (χ3n) is 4.17. The van der Waals surface area contributed by atoms with Gasteiger partial charge in [-0.2, -0.15) is 5.10 Å². The van der Waals surface area contributed by atoms with Crippen molar-refractivity contribution in [1.82, 2.24) is 20.4 Å². The van der Waals surface area contributed by atoms with Crippen LogP contribution < -0.4 is 10.6 Å². The van der Waals surface area contributed by atoms with Crippen LogP contribution in [-0.2, 0) is 14.3 Å². The van der Waals surface area contributed by atoms with Crippen LogP contribution in [0.4, 0.5) is 4.79 Å². The van der Waals surface area contributed by atoms with Crippen LogP contribution in [0.25, 0.3) is 16.9 Å². The van der Waals surface area contributed by atoms with Gasteiger partial charge in [0.2, 0.25) is 0 Å². The number of methoxy groups -OCH3 is 1. The number of hydrogen-bond donors (Lipinski definition) is 2. The van der Waals surface area contributed by atoms with Gasteiger partial charge >= 0.3 is 12.0 Å². The number of para-hydroxylation sites is 1. The molecule has 3 amide bonds. The molecule has 3 aromatic rings. The molecule has 0 aliphatic carbocycles. The highest BCUT2D eigenvalue weighted by atomic mass is 16.5. The van der Waals surface area contributed by atoms with E-state index in [1.165, 1.54) is 11.8 Å². The number of nitrogens with zero attached hydrogens (tertiary/aromatic N) is 2. The number of carbonyl (C=O) groups excluding carboxylic acids is 3. The number of hydrogen-bond acceptors (Lipinski definition) is 6. The van der Waals surface area contributed by atoms with Crippen molar-refractivity contribution in [2.75, 3.05) is 26.9 Å². The van der Waals surface area contributed by atoms with Crippen molar-refractivity contribution in [2.45, 2.75) is 0 Å². The van der Waals surface area contributed by atoms with Crippen LogP contribution in [0.15, 0.2) is 66.7 Å². The molecular formula is C22H22N4O5. The maximum atomic E-state index is 12.7. The van der Waals surface area contributed by atoms with Gasteiger partial charge in [-0.15, -0.1) is 0 Å². The lowest BCUT2D eigenvalue weighted by Gasteiger charge is -2.08. The van der Waals surface area contributed by atoms with E-state index in [-0.39, 0.29) is 12.2 Å². The lowest BCUT2D eigenvalue weighted by atomic mass is 10.1. The normalized spacial score (nSPS) is 10.4. The molecule has 3 rings (SSSR count). The largest absolute Gasteiger partial charge is 0.451 e. The lowest BCUT2D eigenvalue weighted by Crippen LogP contribution is -2.42. The second-order valence-corrected chi connectivity index (χ2v) is 6.40. The van der Waals surface area contributed by atoms with Crippen LogP contribution in [0.2, 0.25) is 0 Å². The van der Waals surface area contributed by atoms with Gasteiger partial charge in [-0.25, -0.2) is 14.3 Å². The molecule has 160 valence electrons. The topological polar surface area (TPSA) is 112 Å². The summed E-state index contributed by atoms with van der Waals surface area (Å²) >= 11 is 0. The first-order valence-corrected chi connectivity index (χ1v) is 9.53. The van der Waals surface area contributed by atoms with Crippen LogP contribution >= 0.6 is 0 Å². The zero-order valence-electron chi connectivity index (χ0n) is 16.9. The minimum Gasteiger partial charge on any atom is -0.451 e. The van der Waals surface area contributed by atoms with Crippen LogP contribution in [0.1, 0.15) is 10.5 Å². The molecule has 1 heterocycles. The Labute approximate surface area is 179 Å². The molecule has 0 saturated heterocycles. The van der Waals surface area contributed by atoms with Crippen molar-refractivity contribution in [3.63, 3.8) is 0 Å². The number of esters is 1. The summed E-state index contributed by atoms with van der Waals surface area (Å²) in [6.07, 6.45) is 0. The second-order valence-electron chi connectivity index (χ2n) is 6.40. The van der Waals surface area contributed by atoms with E-state index in [2.05, 4.69) is 15.7 Å². The maximum Gasteiger partial charge on any atom is 0.357 e. The number of carbonyl (C=O) groups is 3. The first-order valence-electron chi connectivity index (χ1n) is 9.53. The Bertz CT molecular complexity index is 1030. The fourth-order valence-corrected chi connectivity index (χ4v) is 2.72. The number of amides is 3. The number of benzene rings is 2. The summed E-state index contributed by atoms with van der Waals surface area (Å²) < 4.78 is 11.4. The van der Waals surface area contributed by atoms with E-state index < -0.39 is 24.5 Å². The van der Waals surface area contributed by atoms with Gasteiger partial charge in [0.25, 0.3) is 5.91 Å². The Hall–Kier alpha value is -3.98. The maximum absolute atomic E-state index is 12.7. The van der Waals surface area contributed by atoms with E-state index in [1.54, 1.807) is 18.2 Å². The molecule has 2 aromatic carbocycles. The minimum absolute atomic E-state index is 0.155. The van der Waals surface area contributed by atoms with Gasteiger partial charge < -0.3 is 14.8 Å². The molecule has 0 aliphatic heterocycles. The van der Waals surface area contributed by atoms with E-state index >= 15 is 0 Å². The fourth-order valence-electron chi connectivity index (χ4n) is 2.72. The summed E-state index contributed by atoms with van der Waals surface area (Å²) in [5.41, 5.74) is 2.23. The highest BCUT2D eigenvalue weighted by Gasteiger charge is 2.20. The Kier molecular flexibility index (Phi) is 7.50. The summed E-state index contributed by atoms with van der Waals surface area (Å²) in [5, 5.41) is 9.04. The Morgan fingerprint density at radius 1 is 1.00 bits per heavy atom. The van der Waals surface area contributed by atoms with Crippen molar-refractivity contribution < 1.29 is 23.9 Å².